The number of unbranched alkanes of at least 4 members (excludes halogenated alkanes) is 7. The molecule has 0 aromatic heterocycles. The van der Waals surface area contributed by atoms with Crippen molar-refractivity contribution in [1.29, 1.82) is 0 Å². The van der Waals surface area contributed by atoms with E-state index in [0.717, 1.165) is 18.4 Å². The molecule has 0 fully saturated rings. The van der Waals surface area contributed by atoms with Crippen LogP contribution in [0.15, 0.2) is 11.1 Å². The molecule has 0 rings (SSSR count). The lowest BCUT2D eigenvalue weighted by Gasteiger charge is -2.09. The molecule has 0 unspecified atom stereocenters. The third-order valence-electron chi connectivity index (χ3n) is 3.80. The first-order valence-electron chi connectivity index (χ1n) is 8.53. The molecule has 0 heterocycles. The van der Waals surface area contributed by atoms with E-state index in [-0.39, 0.29) is 12.1 Å². The summed E-state index contributed by atoms with van der Waals surface area (Å²) < 4.78 is 5.10. The zero-order valence-electron chi connectivity index (χ0n) is 14.8. The Bertz CT molecular complexity index is 285. The molecule has 126 valence electrons. The van der Waals surface area contributed by atoms with E-state index in [1.165, 1.54) is 56.9 Å². The van der Waals surface area contributed by atoms with Crippen molar-refractivity contribution in [2.45, 2.75) is 91.9 Å². The van der Waals surface area contributed by atoms with Gasteiger partial charge in [0.1, 0.15) is 0 Å². The number of hydrogen-bond donors (Lipinski definition) is 1. The van der Waals surface area contributed by atoms with Crippen LogP contribution in [0.25, 0.3) is 0 Å². The molecule has 3 heteroatoms. The Balaban J connectivity index is 0. The minimum atomic E-state index is -0.118. The SMILES string of the molecule is CCCCCCCCCCC(C)=C(CC)C(=O)OCC.N. The van der Waals surface area contributed by atoms with Gasteiger partial charge in [-0.15, -0.1) is 0 Å². The molecule has 0 aliphatic carbocycles. The van der Waals surface area contributed by atoms with Gasteiger partial charge in [-0.3, -0.25) is 0 Å². The third-order valence-corrected chi connectivity index (χ3v) is 3.80. The Morgan fingerprint density at radius 1 is 0.857 bits per heavy atom. The van der Waals surface area contributed by atoms with Gasteiger partial charge in [0.15, 0.2) is 0 Å². The van der Waals surface area contributed by atoms with Gasteiger partial charge in [-0.2, -0.15) is 0 Å². The number of ether oxygens (including phenoxy) is 1. The van der Waals surface area contributed by atoms with E-state index in [9.17, 15) is 4.79 Å². The molecular weight excluding hydrogens is 262 g/mol. The zero-order chi connectivity index (χ0) is 15.2. The van der Waals surface area contributed by atoms with Gasteiger partial charge in [0.25, 0.3) is 0 Å². The van der Waals surface area contributed by atoms with Gasteiger partial charge in [0.05, 0.1) is 6.61 Å². The van der Waals surface area contributed by atoms with Crippen molar-refractivity contribution >= 4 is 5.97 Å². The van der Waals surface area contributed by atoms with Crippen LogP contribution in [-0.2, 0) is 9.53 Å². The van der Waals surface area contributed by atoms with E-state index in [2.05, 4.69) is 13.8 Å². The molecule has 0 atom stereocenters. The maximum atomic E-state index is 11.8. The van der Waals surface area contributed by atoms with Crippen LogP contribution in [0.4, 0.5) is 0 Å². The molecule has 0 saturated heterocycles. The number of carbonyl (C=O) groups is 1. The number of esters is 1. The molecule has 0 aliphatic heterocycles. The Hall–Kier alpha value is -0.830. The minimum Gasteiger partial charge on any atom is -0.463 e. The van der Waals surface area contributed by atoms with Gasteiger partial charge < -0.3 is 10.9 Å². The van der Waals surface area contributed by atoms with Crippen molar-refractivity contribution < 1.29 is 9.53 Å². The van der Waals surface area contributed by atoms with E-state index < -0.39 is 0 Å². The molecule has 3 nitrogen and oxygen atoms in total. The Kier molecular flexibility index (Phi) is 16.6. The Morgan fingerprint density at radius 2 is 1.38 bits per heavy atom. The molecule has 0 aromatic rings. The molecule has 0 bridgehead atoms. The highest BCUT2D eigenvalue weighted by Gasteiger charge is 2.11. The summed E-state index contributed by atoms with van der Waals surface area (Å²) in [5.41, 5.74) is 2.10. The fraction of sp³-hybridized carbons (Fsp3) is 0.833. The average molecular weight is 299 g/mol. The van der Waals surface area contributed by atoms with Crippen LogP contribution in [0.5, 0.6) is 0 Å². The lowest BCUT2D eigenvalue weighted by atomic mass is 10.00. The summed E-state index contributed by atoms with van der Waals surface area (Å²) in [7, 11) is 0. The molecule has 21 heavy (non-hydrogen) atoms. The van der Waals surface area contributed by atoms with Gasteiger partial charge in [-0.1, -0.05) is 64.4 Å². The second kappa shape index (κ2) is 15.6. The van der Waals surface area contributed by atoms with Crippen molar-refractivity contribution in [3.05, 3.63) is 11.1 Å². The van der Waals surface area contributed by atoms with Crippen LogP contribution in [0, 0.1) is 0 Å². The van der Waals surface area contributed by atoms with E-state index >= 15 is 0 Å². The summed E-state index contributed by atoms with van der Waals surface area (Å²) in [6.07, 6.45) is 12.5. The monoisotopic (exact) mass is 299 g/mol. The van der Waals surface area contributed by atoms with E-state index in [0.29, 0.717) is 6.61 Å². The summed E-state index contributed by atoms with van der Waals surface area (Å²) in [4.78, 5) is 11.8. The maximum absolute atomic E-state index is 11.8. The molecule has 0 spiro atoms. The topological polar surface area (TPSA) is 61.3 Å². The molecule has 0 aromatic carbocycles. The molecule has 3 N–H and O–H groups in total. The predicted molar refractivity (Wildman–Crippen MR) is 91.9 cm³/mol. The molecule has 0 amide bonds. The molecule has 0 saturated carbocycles. The van der Waals surface area contributed by atoms with Crippen LogP contribution in [0.3, 0.4) is 0 Å². The predicted octanol–water partition coefficient (Wildman–Crippen LogP) is 5.97. The van der Waals surface area contributed by atoms with Crippen molar-refractivity contribution in [3.8, 4) is 0 Å². The van der Waals surface area contributed by atoms with Gasteiger partial charge in [-0.05, 0) is 33.1 Å². The first-order chi connectivity index (χ1) is 9.67. The fourth-order valence-corrected chi connectivity index (χ4v) is 2.51. The first kappa shape index (κ1) is 22.5. The lowest BCUT2D eigenvalue weighted by molar-refractivity contribution is -0.138. The lowest BCUT2D eigenvalue weighted by Crippen LogP contribution is -2.09. The van der Waals surface area contributed by atoms with Gasteiger partial charge in [0, 0.05) is 5.57 Å². The number of rotatable bonds is 12. The number of carbonyl (C=O) groups excluding carboxylic acids is 1. The normalized spacial score (nSPS) is 11.6. The Morgan fingerprint density at radius 3 is 1.86 bits per heavy atom. The summed E-state index contributed by atoms with van der Waals surface area (Å²) in [6, 6.07) is 0. The number of hydrogen-bond acceptors (Lipinski definition) is 3. The quantitative estimate of drug-likeness (QED) is 0.274. The highest BCUT2D eigenvalue weighted by molar-refractivity contribution is 5.89. The largest absolute Gasteiger partial charge is 0.463 e. The number of allylic oxidation sites excluding steroid dienone is 1. The second-order valence-electron chi connectivity index (χ2n) is 5.56. The van der Waals surface area contributed by atoms with Crippen LogP contribution in [0.1, 0.15) is 91.9 Å². The van der Waals surface area contributed by atoms with E-state index in [4.69, 9.17) is 4.74 Å². The van der Waals surface area contributed by atoms with E-state index in [1.54, 1.807) is 0 Å². The standard InChI is InChI=1S/C18H34O2.H3N/c1-5-8-9-10-11-12-13-14-15-16(4)17(6-2)18(19)20-7-3;/h5-15H2,1-4H3;1H3. The van der Waals surface area contributed by atoms with Crippen LogP contribution in [0.2, 0.25) is 0 Å². The minimum absolute atomic E-state index is 0. The van der Waals surface area contributed by atoms with Crippen molar-refractivity contribution in [3.63, 3.8) is 0 Å². The summed E-state index contributed by atoms with van der Waals surface area (Å²) in [6.45, 7) is 8.69. The molecular formula is C18H37NO2. The molecule has 0 aliphatic rings. The average Bonchev–Trinajstić information content (AvgIpc) is 2.43. The fourth-order valence-electron chi connectivity index (χ4n) is 2.51. The van der Waals surface area contributed by atoms with Crippen LogP contribution >= 0.6 is 0 Å². The zero-order valence-corrected chi connectivity index (χ0v) is 14.8. The van der Waals surface area contributed by atoms with Gasteiger partial charge >= 0.3 is 5.97 Å². The van der Waals surface area contributed by atoms with Gasteiger partial charge in [0.2, 0.25) is 0 Å². The highest BCUT2D eigenvalue weighted by Crippen LogP contribution is 2.18. The summed E-state index contributed by atoms with van der Waals surface area (Å²) >= 11 is 0. The second-order valence-corrected chi connectivity index (χ2v) is 5.56. The van der Waals surface area contributed by atoms with Crippen molar-refractivity contribution in [2.75, 3.05) is 6.61 Å². The van der Waals surface area contributed by atoms with Crippen molar-refractivity contribution in [1.82, 2.24) is 6.15 Å². The highest BCUT2D eigenvalue weighted by atomic mass is 16.5. The Labute approximate surface area is 132 Å². The van der Waals surface area contributed by atoms with Crippen LogP contribution in [-0.4, -0.2) is 12.6 Å². The maximum Gasteiger partial charge on any atom is 0.333 e. The summed E-state index contributed by atoms with van der Waals surface area (Å²) in [5.74, 6) is -0.118. The third kappa shape index (κ3) is 11.5. The van der Waals surface area contributed by atoms with Crippen LogP contribution < -0.4 is 6.15 Å². The smallest absolute Gasteiger partial charge is 0.333 e. The van der Waals surface area contributed by atoms with Crippen molar-refractivity contribution in [2.24, 2.45) is 0 Å². The molecule has 0 radical (unpaired) electrons. The summed E-state index contributed by atoms with van der Waals surface area (Å²) in [5, 5.41) is 0. The first-order valence-corrected chi connectivity index (χ1v) is 8.53. The van der Waals surface area contributed by atoms with Gasteiger partial charge in [-0.25, -0.2) is 4.79 Å². The van der Waals surface area contributed by atoms with E-state index in [1.807, 2.05) is 13.8 Å².